The van der Waals surface area contributed by atoms with E-state index in [1.165, 1.54) is 37.3 Å². The maximum Gasteiger partial charge on any atom is 0.416 e. The van der Waals surface area contributed by atoms with Crippen molar-refractivity contribution in [1.29, 1.82) is 0 Å². The number of benzene rings is 4. The van der Waals surface area contributed by atoms with Crippen molar-refractivity contribution < 1.29 is 41.0 Å². The Morgan fingerprint density at radius 1 is 0.699 bits per heavy atom. The lowest BCUT2D eigenvalue weighted by atomic mass is 10.1. The van der Waals surface area contributed by atoms with E-state index >= 15 is 0 Å². The Balaban J connectivity index is 0.000000282. The zero-order valence-corrected chi connectivity index (χ0v) is 41.3. The lowest BCUT2D eigenvalue weighted by Gasteiger charge is -2.14. The molecule has 4 aromatic carbocycles. The molecule has 10 N–H and O–H groups in total. The van der Waals surface area contributed by atoms with Gasteiger partial charge in [0.15, 0.2) is 5.82 Å². The van der Waals surface area contributed by atoms with Gasteiger partial charge in [-0.15, -0.1) is 0 Å². The van der Waals surface area contributed by atoms with Crippen molar-refractivity contribution in [3.8, 4) is 11.6 Å². The Morgan fingerprint density at radius 3 is 1.95 bits per heavy atom. The van der Waals surface area contributed by atoms with Gasteiger partial charge in [0, 0.05) is 72.2 Å². The number of amides is 2. The minimum absolute atomic E-state index is 0.0531. The van der Waals surface area contributed by atoms with Crippen molar-refractivity contribution in [2.24, 2.45) is 0 Å². The van der Waals surface area contributed by atoms with Crippen LogP contribution < -0.4 is 38.1 Å². The molecule has 7 aromatic rings. The van der Waals surface area contributed by atoms with E-state index in [9.17, 15) is 41.0 Å². The fourth-order valence-electron chi connectivity index (χ4n) is 6.08. The van der Waals surface area contributed by atoms with Gasteiger partial charge in [-0.05, 0) is 107 Å². The molecular formula is C50H58F6N14O3. The summed E-state index contributed by atoms with van der Waals surface area (Å²) in [6.07, 6.45) is -5.03. The Bertz CT molecular complexity index is 2950. The highest BCUT2D eigenvalue weighted by Crippen LogP contribution is 2.33. The molecule has 0 bridgehead atoms. The first-order chi connectivity index (χ1) is 34.4. The first-order valence-electron chi connectivity index (χ1n) is 22.4. The summed E-state index contributed by atoms with van der Waals surface area (Å²) in [5, 5.41) is 28.3. The number of nitrogen functional groups attached to an aromatic ring is 2. The third-order valence-corrected chi connectivity index (χ3v) is 9.77. The minimum atomic E-state index is -4.65. The van der Waals surface area contributed by atoms with Crippen LogP contribution in [0.1, 0.15) is 68.9 Å². The summed E-state index contributed by atoms with van der Waals surface area (Å²) in [5.41, 5.74) is 13.0. The molecule has 0 radical (unpaired) electrons. The van der Waals surface area contributed by atoms with E-state index in [4.69, 9.17) is 11.5 Å². The molecule has 0 aliphatic rings. The molecule has 17 nitrogen and oxygen atoms in total. The third kappa shape index (κ3) is 18.0. The molecule has 0 fully saturated rings. The largest absolute Gasteiger partial charge is 0.508 e. The first kappa shape index (κ1) is 57.1. The van der Waals surface area contributed by atoms with Gasteiger partial charge in [-0.1, -0.05) is 38.5 Å². The molecule has 0 saturated heterocycles. The predicted molar refractivity (Wildman–Crippen MR) is 273 cm³/mol. The van der Waals surface area contributed by atoms with Gasteiger partial charge in [0.1, 0.15) is 41.7 Å². The number of alkyl halides is 6. The smallest absolute Gasteiger partial charge is 0.416 e. The number of nitrogens with two attached hydrogens (primary N) is 2. The highest BCUT2D eigenvalue weighted by atomic mass is 19.4. The van der Waals surface area contributed by atoms with E-state index in [1.54, 1.807) is 61.1 Å². The molecule has 0 unspecified atom stereocenters. The fraction of sp³-hybridized carbons (Fsp3) is 0.260. The number of aromatic hydroxyl groups is 1. The maximum absolute atomic E-state index is 13.1. The van der Waals surface area contributed by atoms with Gasteiger partial charge in [-0.25, -0.2) is 19.9 Å². The number of rotatable bonds is 12. The Morgan fingerprint density at radius 2 is 1.33 bits per heavy atom. The minimum Gasteiger partial charge on any atom is -0.508 e. The van der Waals surface area contributed by atoms with Crippen molar-refractivity contribution in [3.63, 3.8) is 0 Å². The Labute approximate surface area is 418 Å². The van der Waals surface area contributed by atoms with Crippen molar-refractivity contribution in [2.75, 3.05) is 72.3 Å². The van der Waals surface area contributed by atoms with Crippen molar-refractivity contribution in [1.82, 2.24) is 34.6 Å². The van der Waals surface area contributed by atoms with Crippen molar-refractivity contribution >= 4 is 57.8 Å². The predicted octanol–water partition coefficient (Wildman–Crippen LogP) is 10.3. The van der Waals surface area contributed by atoms with E-state index in [0.717, 1.165) is 47.4 Å². The normalized spacial score (nSPS) is 10.9. The zero-order chi connectivity index (χ0) is 54.0. The molecule has 0 aliphatic carbocycles. The number of aromatic nitrogens is 6. The van der Waals surface area contributed by atoms with E-state index in [2.05, 4.69) is 70.4 Å². The maximum atomic E-state index is 13.1. The van der Waals surface area contributed by atoms with Crippen LogP contribution in [0.2, 0.25) is 0 Å². The standard InChI is InChI=1S/C27H29F3N8O.C15H13F3N2O2.C5H8N4.C3H8/c1-17-8-9-19(26(39)34-21-7-5-6-20(14-21)27(28,29)30)13-22(17)35-25-12-18(2)36-38(25)24-15-23(32-16-33-24)31-10-11-37(3)4;1-8-2-3-11(7-13(8)19)20-14(22)9-4-10(15(16,17)18)6-12(21)5-9;1-7-5-2-4(6)8-3-9-5;1-3-2/h5-9,12-16,35H,10-11H2,1-4H3,(H,34,39)(H,31,32,33);2-7,21H,19H2,1H3,(H,20,22);2-3H,1H3,(H3,6,7,8,9);3H2,1-2H3. The van der Waals surface area contributed by atoms with Gasteiger partial charge in [-0.3, -0.25) is 9.59 Å². The van der Waals surface area contributed by atoms with Gasteiger partial charge in [0.25, 0.3) is 11.8 Å². The number of hydrogen-bond donors (Lipinski definition) is 8. The Hall–Kier alpha value is -8.47. The lowest BCUT2D eigenvalue weighted by Crippen LogP contribution is -2.21. The summed E-state index contributed by atoms with van der Waals surface area (Å²) >= 11 is 0. The van der Waals surface area contributed by atoms with Gasteiger partial charge < -0.3 is 48.1 Å². The van der Waals surface area contributed by atoms with Crippen LogP contribution in [0.15, 0.2) is 110 Å². The van der Waals surface area contributed by atoms with Crippen molar-refractivity contribution in [2.45, 2.75) is 53.4 Å². The van der Waals surface area contributed by atoms with Gasteiger partial charge in [0.2, 0.25) is 0 Å². The summed E-state index contributed by atoms with van der Waals surface area (Å²) in [5.74, 6) is 1.09. The molecule has 2 amide bonds. The van der Waals surface area contributed by atoms with Gasteiger partial charge in [-0.2, -0.15) is 36.1 Å². The number of nitrogens with one attached hydrogen (secondary N) is 5. The lowest BCUT2D eigenvalue weighted by molar-refractivity contribution is -0.138. The van der Waals surface area contributed by atoms with Crippen LogP contribution >= 0.6 is 0 Å². The van der Waals surface area contributed by atoms with Gasteiger partial charge >= 0.3 is 12.4 Å². The number of halogens is 6. The monoisotopic (exact) mass is 1020 g/mol. The Kier molecular flexibility index (Phi) is 20.4. The second-order valence-corrected chi connectivity index (χ2v) is 16.3. The molecule has 73 heavy (non-hydrogen) atoms. The van der Waals surface area contributed by atoms with Crippen LogP contribution in [0.3, 0.4) is 0 Å². The highest BCUT2D eigenvalue weighted by Gasteiger charge is 2.32. The zero-order valence-electron chi connectivity index (χ0n) is 41.3. The van der Waals surface area contributed by atoms with Crippen LogP contribution in [-0.2, 0) is 12.4 Å². The summed E-state index contributed by atoms with van der Waals surface area (Å²) in [7, 11) is 5.76. The molecule has 0 aliphatic heterocycles. The van der Waals surface area contributed by atoms with E-state index in [0.29, 0.717) is 59.0 Å². The fourth-order valence-corrected chi connectivity index (χ4v) is 6.08. The molecule has 0 saturated carbocycles. The number of aryl methyl sites for hydroxylation is 3. The topological polar surface area (TPSA) is 239 Å². The summed E-state index contributed by atoms with van der Waals surface area (Å²) in [6, 6.07) is 21.8. The van der Waals surface area contributed by atoms with Crippen molar-refractivity contribution in [3.05, 3.63) is 149 Å². The van der Waals surface area contributed by atoms with Crippen LogP contribution in [0.4, 0.5) is 72.4 Å². The number of likely N-dealkylation sites (N-methyl/N-ethyl adjacent to an activating group) is 1. The number of anilines is 8. The summed E-state index contributed by atoms with van der Waals surface area (Å²) in [4.78, 5) is 43.2. The third-order valence-electron chi connectivity index (χ3n) is 9.77. The van der Waals surface area contributed by atoms with Gasteiger partial charge in [0.05, 0.1) is 16.8 Å². The first-order valence-corrected chi connectivity index (χ1v) is 22.4. The average Bonchev–Trinajstić information content (AvgIpc) is 3.70. The number of phenolic OH excluding ortho intramolecular Hbond substituents is 1. The molecule has 0 spiro atoms. The number of nitrogens with zero attached hydrogens (tertiary/aromatic N) is 7. The molecule has 388 valence electrons. The van der Waals surface area contributed by atoms with Crippen LogP contribution in [0.25, 0.3) is 5.82 Å². The molecule has 3 heterocycles. The molecule has 23 heteroatoms. The van der Waals surface area contributed by atoms with Crippen LogP contribution in [0.5, 0.6) is 5.75 Å². The number of hydrogen-bond acceptors (Lipinski definition) is 14. The molecule has 3 aromatic heterocycles. The van der Waals surface area contributed by atoms with E-state index < -0.39 is 41.0 Å². The molecular weight excluding hydrogens is 959 g/mol. The summed E-state index contributed by atoms with van der Waals surface area (Å²) in [6.45, 7) is 11.3. The second-order valence-electron chi connectivity index (χ2n) is 16.3. The highest BCUT2D eigenvalue weighted by molar-refractivity contribution is 6.05. The second kappa shape index (κ2) is 26.1. The van der Waals surface area contributed by atoms with E-state index in [1.807, 2.05) is 34.0 Å². The molecule has 0 atom stereocenters. The number of phenols is 1. The quantitative estimate of drug-likeness (QED) is 0.0420. The molecule has 7 rings (SSSR count). The van der Waals surface area contributed by atoms with E-state index in [-0.39, 0.29) is 16.8 Å². The summed E-state index contributed by atoms with van der Waals surface area (Å²) < 4.78 is 78.8. The number of carbonyl (C=O) groups is 2. The number of carbonyl (C=O) groups excluding carboxylic acids is 2. The average molecular weight is 1020 g/mol. The SMILES string of the molecule is CCC.CNc1cc(N)ncn1.Cc1cc(Nc2cc(C(=O)Nc3cccc(C(F)(F)F)c3)ccc2C)n(-c2cc(NCCN(C)C)ncn2)n1.Cc1ccc(NC(=O)c2cc(O)cc(C(F)(F)F)c2)cc1N. The van der Waals surface area contributed by atoms with Crippen LogP contribution in [-0.4, -0.2) is 85.8 Å². The van der Waals surface area contributed by atoms with Crippen LogP contribution in [0, 0.1) is 20.8 Å².